The molecule has 0 saturated carbocycles. The molecule has 1 fully saturated rings. The van der Waals surface area contributed by atoms with Crippen LogP contribution >= 0.6 is 0 Å². The van der Waals surface area contributed by atoms with Crippen LogP contribution in [0.3, 0.4) is 0 Å². The normalized spacial score (nSPS) is 16.3. The molecule has 0 bridgehead atoms. The number of aryl methyl sites for hydroxylation is 1. The summed E-state index contributed by atoms with van der Waals surface area (Å²) < 4.78 is 4.98. The van der Waals surface area contributed by atoms with Crippen LogP contribution in [0.15, 0.2) is 40.9 Å². The lowest BCUT2D eigenvalue weighted by Gasteiger charge is -2.38. The summed E-state index contributed by atoms with van der Waals surface area (Å²) in [4.78, 5) is 29.1. The van der Waals surface area contributed by atoms with E-state index >= 15 is 0 Å². The van der Waals surface area contributed by atoms with E-state index in [1.807, 2.05) is 42.2 Å². The Labute approximate surface area is 152 Å². The van der Waals surface area contributed by atoms with E-state index in [2.05, 4.69) is 15.4 Å². The third kappa shape index (κ3) is 4.11. The molecular formula is C19H24N4O3. The molecule has 2 heterocycles. The van der Waals surface area contributed by atoms with E-state index in [9.17, 15) is 9.59 Å². The quantitative estimate of drug-likeness (QED) is 0.888. The van der Waals surface area contributed by atoms with E-state index in [1.54, 1.807) is 13.0 Å². The zero-order chi connectivity index (χ0) is 18.5. The van der Waals surface area contributed by atoms with Crippen molar-refractivity contribution >= 4 is 17.6 Å². The van der Waals surface area contributed by atoms with Crippen LogP contribution in [0.25, 0.3) is 0 Å². The largest absolute Gasteiger partial charge is 0.360 e. The van der Waals surface area contributed by atoms with Gasteiger partial charge in [0.1, 0.15) is 5.76 Å². The van der Waals surface area contributed by atoms with Gasteiger partial charge in [-0.1, -0.05) is 30.3 Å². The van der Waals surface area contributed by atoms with Crippen molar-refractivity contribution in [3.05, 3.63) is 47.7 Å². The van der Waals surface area contributed by atoms with Crippen LogP contribution in [0.2, 0.25) is 0 Å². The third-order valence-corrected chi connectivity index (χ3v) is 4.63. The second-order valence-electron chi connectivity index (χ2n) is 6.43. The Balaban J connectivity index is 1.57. The number of hydrogen-bond acceptors (Lipinski definition) is 5. The van der Waals surface area contributed by atoms with Gasteiger partial charge in [-0.3, -0.25) is 14.5 Å². The summed E-state index contributed by atoms with van der Waals surface area (Å²) in [6, 6.07) is 10.7. The van der Waals surface area contributed by atoms with Gasteiger partial charge in [0.15, 0.2) is 5.82 Å². The number of anilines is 1. The summed E-state index contributed by atoms with van der Waals surface area (Å²) in [6.45, 7) is 6.33. The van der Waals surface area contributed by atoms with Crippen molar-refractivity contribution in [2.75, 3.05) is 31.5 Å². The second-order valence-corrected chi connectivity index (χ2v) is 6.43. The monoisotopic (exact) mass is 356 g/mol. The molecule has 1 atom stereocenters. The maximum absolute atomic E-state index is 12.6. The number of benzene rings is 1. The summed E-state index contributed by atoms with van der Waals surface area (Å²) in [5.74, 6) is 1.04. The molecule has 7 heteroatoms. The molecule has 2 aromatic rings. The van der Waals surface area contributed by atoms with Gasteiger partial charge in [0.2, 0.25) is 5.91 Å². The number of carbonyl (C=O) groups is 2. The fourth-order valence-corrected chi connectivity index (χ4v) is 3.24. The van der Waals surface area contributed by atoms with Crippen molar-refractivity contribution in [3.8, 4) is 0 Å². The Morgan fingerprint density at radius 2 is 1.88 bits per heavy atom. The molecule has 0 radical (unpaired) electrons. The summed E-state index contributed by atoms with van der Waals surface area (Å²) in [5, 5.41) is 6.61. The SMILES string of the molecule is CC[C@H](C(=O)Nc1cc(C)on1)N1CCN(C(=O)c2ccccc2)CC1. The molecule has 1 N–H and O–H groups in total. The first-order valence-electron chi connectivity index (χ1n) is 8.91. The predicted octanol–water partition coefficient (Wildman–Crippen LogP) is 2.16. The molecule has 0 aliphatic carbocycles. The minimum Gasteiger partial charge on any atom is -0.360 e. The summed E-state index contributed by atoms with van der Waals surface area (Å²) in [5.41, 5.74) is 0.701. The molecule has 0 unspecified atom stereocenters. The Hall–Kier alpha value is -2.67. The van der Waals surface area contributed by atoms with Gasteiger partial charge in [-0.25, -0.2) is 0 Å². The van der Waals surface area contributed by atoms with E-state index in [-0.39, 0.29) is 17.9 Å². The molecule has 1 aliphatic heterocycles. The van der Waals surface area contributed by atoms with E-state index in [4.69, 9.17) is 4.52 Å². The smallest absolute Gasteiger partial charge is 0.253 e. The summed E-state index contributed by atoms with van der Waals surface area (Å²) in [6.07, 6.45) is 0.690. The number of amides is 2. The van der Waals surface area contributed by atoms with Gasteiger partial charge in [0.05, 0.1) is 6.04 Å². The molecule has 1 aromatic carbocycles. The molecule has 2 amide bonds. The van der Waals surface area contributed by atoms with Gasteiger partial charge in [0, 0.05) is 37.8 Å². The van der Waals surface area contributed by atoms with Crippen molar-refractivity contribution in [1.29, 1.82) is 0 Å². The lowest BCUT2D eigenvalue weighted by Crippen LogP contribution is -2.54. The third-order valence-electron chi connectivity index (χ3n) is 4.63. The highest BCUT2D eigenvalue weighted by Gasteiger charge is 2.30. The maximum Gasteiger partial charge on any atom is 0.253 e. The Bertz CT molecular complexity index is 751. The molecule has 138 valence electrons. The van der Waals surface area contributed by atoms with Gasteiger partial charge in [0.25, 0.3) is 5.91 Å². The first-order chi connectivity index (χ1) is 12.6. The van der Waals surface area contributed by atoms with Gasteiger partial charge < -0.3 is 14.7 Å². The molecule has 26 heavy (non-hydrogen) atoms. The van der Waals surface area contributed by atoms with Crippen LogP contribution in [-0.4, -0.2) is 59.0 Å². The topological polar surface area (TPSA) is 78.7 Å². The minimum atomic E-state index is -0.249. The predicted molar refractivity (Wildman–Crippen MR) is 97.9 cm³/mol. The first kappa shape index (κ1) is 18.1. The summed E-state index contributed by atoms with van der Waals surface area (Å²) in [7, 11) is 0. The van der Waals surface area contributed by atoms with Crippen molar-refractivity contribution in [1.82, 2.24) is 15.0 Å². The molecule has 3 rings (SSSR count). The van der Waals surface area contributed by atoms with Gasteiger partial charge in [-0.15, -0.1) is 0 Å². The van der Waals surface area contributed by atoms with Gasteiger partial charge in [-0.05, 0) is 25.5 Å². The van der Waals surface area contributed by atoms with Crippen LogP contribution in [0.4, 0.5) is 5.82 Å². The van der Waals surface area contributed by atoms with E-state index in [1.165, 1.54) is 0 Å². The maximum atomic E-state index is 12.6. The van der Waals surface area contributed by atoms with Crippen LogP contribution in [0, 0.1) is 6.92 Å². The van der Waals surface area contributed by atoms with Gasteiger partial charge >= 0.3 is 0 Å². The average molecular weight is 356 g/mol. The van der Waals surface area contributed by atoms with Crippen LogP contribution < -0.4 is 5.32 Å². The molecule has 1 aliphatic rings. The van der Waals surface area contributed by atoms with E-state index in [0.29, 0.717) is 49.7 Å². The van der Waals surface area contributed by atoms with E-state index < -0.39 is 0 Å². The first-order valence-corrected chi connectivity index (χ1v) is 8.91. The second kappa shape index (κ2) is 8.14. The average Bonchev–Trinajstić information content (AvgIpc) is 3.07. The Morgan fingerprint density at radius 3 is 2.46 bits per heavy atom. The highest BCUT2D eigenvalue weighted by Crippen LogP contribution is 2.15. The number of nitrogens with one attached hydrogen (secondary N) is 1. The van der Waals surface area contributed by atoms with Gasteiger partial charge in [-0.2, -0.15) is 0 Å². The molecule has 0 spiro atoms. The van der Waals surface area contributed by atoms with Crippen molar-refractivity contribution in [3.63, 3.8) is 0 Å². The van der Waals surface area contributed by atoms with Crippen LogP contribution in [0.5, 0.6) is 0 Å². The molecule has 1 aromatic heterocycles. The van der Waals surface area contributed by atoms with Crippen molar-refractivity contribution < 1.29 is 14.1 Å². The summed E-state index contributed by atoms with van der Waals surface area (Å²) >= 11 is 0. The lowest BCUT2D eigenvalue weighted by atomic mass is 10.1. The van der Waals surface area contributed by atoms with Crippen molar-refractivity contribution in [2.45, 2.75) is 26.3 Å². The number of aromatic nitrogens is 1. The zero-order valence-electron chi connectivity index (χ0n) is 15.1. The number of rotatable bonds is 5. The van der Waals surface area contributed by atoms with Crippen LogP contribution in [0.1, 0.15) is 29.5 Å². The minimum absolute atomic E-state index is 0.0424. The fourth-order valence-electron chi connectivity index (χ4n) is 3.24. The fraction of sp³-hybridized carbons (Fsp3) is 0.421. The highest BCUT2D eigenvalue weighted by molar-refractivity contribution is 5.95. The number of hydrogen-bond donors (Lipinski definition) is 1. The molecule has 7 nitrogen and oxygen atoms in total. The zero-order valence-corrected chi connectivity index (χ0v) is 15.1. The number of nitrogens with zero attached hydrogens (tertiary/aromatic N) is 3. The van der Waals surface area contributed by atoms with E-state index in [0.717, 1.165) is 0 Å². The Kier molecular flexibility index (Phi) is 5.68. The lowest BCUT2D eigenvalue weighted by molar-refractivity contribution is -0.122. The highest BCUT2D eigenvalue weighted by atomic mass is 16.5. The number of piperazine rings is 1. The van der Waals surface area contributed by atoms with Crippen molar-refractivity contribution in [2.24, 2.45) is 0 Å². The molecular weight excluding hydrogens is 332 g/mol. The standard InChI is InChI=1S/C19H24N4O3/c1-3-16(18(24)20-17-13-14(2)26-21-17)22-9-11-23(12-10-22)19(25)15-7-5-4-6-8-15/h4-8,13,16H,3,9-12H2,1-2H3,(H,20,21,24)/t16-/m1/s1. The number of carbonyl (C=O) groups excluding carboxylic acids is 2. The molecule has 1 saturated heterocycles. The Morgan fingerprint density at radius 1 is 1.19 bits per heavy atom. The van der Waals surface area contributed by atoms with Crippen LogP contribution in [-0.2, 0) is 4.79 Å².